The van der Waals surface area contributed by atoms with Gasteiger partial charge in [-0.2, -0.15) is 57.1 Å². The molecule has 0 saturated carbocycles. The SMILES string of the molecule is CC(=O)/C=C(\[O-])C(F)(F)F.CC(=O)CC(=O)C(F)(F)F.CC(=O)F.CC(O)(O)CC(O)(O)C(F)(F)F.CCOC(=O)C(F)(F)F.CC[O-].FCF.O.[H+].[Na+].[Na+]. The normalized spacial score (nSPS) is 10.9. The maximum absolute atomic E-state index is 11.6. The van der Waals surface area contributed by atoms with Crippen molar-refractivity contribution in [3.05, 3.63) is 11.8 Å². The van der Waals surface area contributed by atoms with Crippen molar-refractivity contribution in [2.45, 2.75) is 90.7 Å². The Labute approximate surface area is 341 Å². The van der Waals surface area contributed by atoms with E-state index in [0.717, 1.165) is 20.8 Å². The van der Waals surface area contributed by atoms with E-state index in [2.05, 4.69) is 4.74 Å². The molecule has 316 valence electrons. The van der Waals surface area contributed by atoms with Crippen LogP contribution in [0.1, 0.15) is 55.8 Å². The maximum Gasteiger partial charge on any atom is 1.00 e. The number of allylic oxidation sites excluding steroid dienone is 2. The van der Waals surface area contributed by atoms with Gasteiger partial charge in [0.25, 0.3) is 11.8 Å². The fraction of sp³-hybridized carbons (Fsp3) is 0.708. The molecule has 6 N–H and O–H groups in total. The molecule has 0 atom stereocenters. The third-order valence-electron chi connectivity index (χ3n) is 2.88. The van der Waals surface area contributed by atoms with E-state index in [1.807, 2.05) is 0 Å². The fourth-order valence-corrected chi connectivity index (χ4v) is 1.37. The third-order valence-corrected chi connectivity index (χ3v) is 2.88. The van der Waals surface area contributed by atoms with E-state index in [4.69, 9.17) is 30.3 Å². The van der Waals surface area contributed by atoms with Crippen molar-refractivity contribution in [3.63, 3.8) is 0 Å². The molecule has 0 aliphatic carbocycles. The van der Waals surface area contributed by atoms with Crippen molar-refractivity contribution >= 4 is 29.4 Å². The molecule has 0 aromatic carbocycles. The average molecular weight is 863 g/mol. The predicted molar refractivity (Wildman–Crippen MR) is 139 cm³/mol. The second-order valence-electron chi connectivity index (χ2n) is 8.20. The third kappa shape index (κ3) is 68.4. The Bertz CT molecular complexity index is 1030. The second-order valence-corrected chi connectivity index (χ2v) is 8.20. The van der Waals surface area contributed by atoms with Gasteiger partial charge in [0.05, 0.1) is 19.4 Å². The minimum atomic E-state index is -5.31. The first-order valence-electron chi connectivity index (χ1n) is 12.3. The number of halogens is 15. The molecule has 0 aromatic rings. The minimum Gasteiger partial charge on any atom is -0.869 e. The molecule has 54 heavy (non-hydrogen) atoms. The van der Waals surface area contributed by atoms with Crippen LogP contribution in [0.25, 0.3) is 0 Å². The number of hydrogen-bond donors (Lipinski definition) is 4. The standard InChI is InChI=1S/C5H9F3O4.2C5H5F3O2.C4H5F3O2.C2H3FO.C2H5O.CH2F2.2Na.H2O/c1-3(9,10)2-4(11,12)5(6,7)8;2*1-3(9)2-4(10)5(6,7)8;1-2-9-3(8)4(5,6)7;1-2(3)4;1-2-3;2-1-3;;;/h9-12H,2H2,1H3;2H2,1H3;2,10H,1H3;2H2,1H3;1H3;2H2,1H3;1H2;;;1H2/q;;;;;-1;;2*+1;/b;;4-2-;;;;;;;. The number of ketones is 3. The maximum atomic E-state index is 11.6. The Hall–Kier alpha value is -1.60. The largest absolute Gasteiger partial charge is 1.00 e. The van der Waals surface area contributed by atoms with Crippen molar-refractivity contribution in [1.82, 2.24) is 0 Å². The number of hydrogen-bond acceptors (Lipinski definition) is 12. The summed E-state index contributed by atoms with van der Waals surface area (Å²) in [5, 5.41) is 52.3. The van der Waals surface area contributed by atoms with Crippen LogP contribution in [0.5, 0.6) is 0 Å². The Morgan fingerprint density at radius 2 is 1.04 bits per heavy atom. The van der Waals surface area contributed by atoms with Gasteiger partial charge in [-0.1, -0.05) is 6.92 Å². The molecule has 0 aliphatic heterocycles. The van der Waals surface area contributed by atoms with Gasteiger partial charge in [0, 0.05) is 6.92 Å². The molecule has 13 nitrogen and oxygen atoms in total. The fourth-order valence-electron chi connectivity index (χ4n) is 1.37. The van der Waals surface area contributed by atoms with Gasteiger partial charge in [-0.3, -0.25) is 19.2 Å². The molecule has 0 rings (SSSR count). The summed E-state index contributed by atoms with van der Waals surface area (Å²) in [5.41, 5.74) is 0. The summed E-state index contributed by atoms with van der Waals surface area (Å²) in [5.74, 6) is -14.8. The molecule has 0 fully saturated rings. The van der Waals surface area contributed by atoms with Gasteiger partial charge in [0.1, 0.15) is 5.78 Å². The number of carbonyl (C=O) groups excluding carboxylic acids is 5. The van der Waals surface area contributed by atoms with Crippen molar-refractivity contribution in [1.29, 1.82) is 0 Å². The zero-order valence-corrected chi connectivity index (χ0v) is 33.3. The molecule has 0 amide bonds. The molecule has 0 bridgehead atoms. The molecule has 0 spiro atoms. The molecular formula is C24H36F15Na2O13+. The molecule has 0 heterocycles. The van der Waals surface area contributed by atoms with E-state index in [1.165, 1.54) is 6.92 Å². The number of ether oxygens (including phenoxy) is 1. The van der Waals surface area contributed by atoms with E-state index in [0.29, 0.717) is 6.92 Å². The van der Waals surface area contributed by atoms with Crippen molar-refractivity contribution in [2.24, 2.45) is 0 Å². The van der Waals surface area contributed by atoms with Crippen LogP contribution in [0.3, 0.4) is 0 Å². The van der Waals surface area contributed by atoms with E-state index in [1.54, 1.807) is 6.92 Å². The van der Waals surface area contributed by atoms with Crippen LogP contribution in [0.2, 0.25) is 0 Å². The first-order chi connectivity index (χ1) is 22.2. The van der Waals surface area contributed by atoms with Crippen molar-refractivity contribution < 1.29 is 191 Å². The first-order valence-corrected chi connectivity index (χ1v) is 12.3. The van der Waals surface area contributed by atoms with E-state index >= 15 is 0 Å². The zero-order valence-electron chi connectivity index (χ0n) is 30.3. The zero-order chi connectivity index (χ0) is 43.4. The van der Waals surface area contributed by atoms with E-state index < -0.39 is 91.2 Å². The molecule has 30 heteroatoms. The Morgan fingerprint density at radius 1 is 0.741 bits per heavy atom. The molecular weight excluding hydrogens is 827 g/mol. The summed E-state index contributed by atoms with van der Waals surface area (Å²) in [6.45, 7) is 4.16. The Balaban J connectivity index is -0.0000000472. The van der Waals surface area contributed by atoms with Gasteiger partial charge in [0.15, 0.2) is 11.6 Å². The van der Waals surface area contributed by atoms with E-state index in [9.17, 15) is 90.1 Å². The van der Waals surface area contributed by atoms with Crippen LogP contribution in [0.4, 0.5) is 65.9 Å². The van der Waals surface area contributed by atoms with Crippen LogP contribution < -0.4 is 69.3 Å². The smallest absolute Gasteiger partial charge is 0.869 e. The van der Waals surface area contributed by atoms with Crippen LogP contribution in [-0.4, -0.2) is 112 Å². The second kappa shape index (κ2) is 37.0. The summed E-state index contributed by atoms with van der Waals surface area (Å²) in [6, 6.07) is -1.33. The summed E-state index contributed by atoms with van der Waals surface area (Å²) in [4.78, 5) is 48.3. The number of aliphatic hydroxyl groups is 4. The number of Topliss-reactive ketones (excluding diaryl/α,β-unsaturated/α-hetero) is 2. The Kier molecular flexibility index (Phi) is 52.8. The summed E-state index contributed by atoms with van der Waals surface area (Å²) >= 11 is 0. The van der Waals surface area contributed by atoms with Crippen molar-refractivity contribution in [2.75, 3.05) is 20.1 Å². The van der Waals surface area contributed by atoms with Gasteiger partial charge in [-0.05, 0) is 39.5 Å². The topological polar surface area (TPSA) is 253 Å². The van der Waals surface area contributed by atoms with Gasteiger partial charge in [-0.15, -0.1) is 6.61 Å². The Morgan fingerprint density at radius 3 is 1.11 bits per heavy atom. The molecule has 0 aliphatic rings. The monoisotopic (exact) mass is 863 g/mol. The quantitative estimate of drug-likeness (QED) is 0.0291. The average Bonchev–Trinajstić information content (AvgIpc) is 2.81. The van der Waals surface area contributed by atoms with Crippen molar-refractivity contribution in [3.8, 4) is 0 Å². The number of esters is 1. The van der Waals surface area contributed by atoms with Gasteiger partial charge in [-0.25, -0.2) is 13.6 Å². The summed E-state index contributed by atoms with van der Waals surface area (Å²) < 4.78 is 169. The number of rotatable bonds is 6. The molecule has 0 radical (unpaired) electrons. The summed E-state index contributed by atoms with van der Waals surface area (Å²) in [7, 11) is 0. The van der Waals surface area contributed by atoms with Crippen LogP contribution in [-0.2, 0) is 28.7 Å². The molecule has 0 unspecified atom stereocenters. The predicted octanol–water partition coefficient (Wildman–Crippen LogP) is -4.04. The van der Waals surface area contributed by atoms with Gasteiger partial charge in [0.2, 0.25) is 12.7 Å². The van der Waals surface area contributed by atoms with Crippen LogP contribution in [0, 0.1) is 0 Å². The van der Waals surface area contributed by atoms with E-state index in [-0.39, 0.29) is 85.3 Å². The van der Waals surface area contributed by atoms with Gasteiger partial charge >= 0.3 is 91.2 Å². The van der Waals surface area contributed by atoms with Gasteiger partial charge < -0.3 is 40.9 Å². The first kappa shape index (κ1) is 77.0. The molecule has 0 aromatic heterocycles. The van der Waals surface area contributed by atoms with Crippen LogP contribution in [0.15, 0.2) is 11.8 Å². The number of carbonyl (C=O) groups is 5. The number of alkyl halides is 14. The summed E-state index contributed by atoms with van der Waals surface area (Å²) in [6.07, 6.45) is -22.6. The molecule has 0 saturated heterocycles. The van der Waals surface area contributed by atoms with Crippen LogP contribution >= 0.6 is 0 Å². The minimum absolute atomic E-state index is 0.